The maximum atomic E-state index is 13.4. The van der Waals surface area contributed by atoms with Crippen molar-refractivity contribution in [2.75, 3.05) is 19.4 Å². The summed E-state index contributed by atoms with van der Waals surface area (Å²) in [5.74, 6) is -0.464. The van der Waals surface area contributed by atoms with E-state index in [1.54, 1.807) is 37.0 Å². The highest BCUT2D eigenvalue weighted by Gasteiger charge is 2.40. The average molecular weight is 525 g/mol. The fourth-order valence-electron chi connectivity index (χ4n) is 3.94. The number of benzene rings is 2. The first kappa shape index (κ1) is 25.0. The maximum absolute atomic E-state index is 13.4. The molecule has 2 heterocycles. The zero-order valence-corrected chi connectivity index (χ0v) is 22.2. The predicted molar refractivity (Wildman–Crippen MR) is 143 cm³/mol. The molecule has 0 spiro atoms. The molecule has 2 aromatic carbocycles. The molecule has 1 N–H and O–H groups in total. The van der Waals surface area contributed by atoms with Gasteiger partial charge in [0.15, 0.2) is 0 Å². The molecule has 0 radical (unpaired) electrons. The molecular formula is C26H25ClN4O2S2. The van der Waals surface area contributed by atoms with Crippen LogP contribution in [0.25, 0.3) is 10.4 Å². The molecule has 4 aromatic rings. The highest BCUT2D eigenvalue weighted by atomic mass is 35.5. The summed E-state index contributed by atoms with van der Waals surface area (Å²) in [7, 11) is 3.40. The van der Waals surface area contributed by atoms with E-state index in [1.165, 1.54) is 16.2 Å². The molecule has 0 saturated carbocycles. The third kappa shape index (κ3) is 5.29. The van der Waals surface area contributed by atoms with Crippen LogP contribution < -0.4 is 5.32 Å². The van der Waals surface area contributed by atoms with Gasteiger partial charge in [-0.3, -0.25) is 9.59 Å². The smallest absolute Gasteiger partial charge is 0.254 e. The van der Waals surface area contributed by atoms with Gasteiger partial charge in [-0.2, -0.15) is 0 Å². The molecular weight excluding hydrogens is 500 g/mol. The second-order valence-electron chi connectivity index (χ2n) is 8.86. The molecule has 0 saturated heterocycles. The number of aromatic nitrogens is 2. The minimum atomic E-state index is -0.783. The van der Waals surface area contributed by atoms with E-state index >= 15 is 0 Å². The zero-order chi connectivity index (χ0) is 25.2. The second kappa shape index (κ2) is 10.3. The van der Waals surface area contributed by atoms with Crippen molar-refractivity contribution in [3.63, 3.8) is 0 Å². The highest BCUT2D eigenvalue weighted by molar-refractivity contribution is 7.15. The quantitative estimate of drug-likeness (QED) is 0.303. The highest BCUT2D eigenvalue weighted by Crippen LogP contribution is 2.46. The van der Waals surface area contributed by atoms with Gasteiger partial charge in [0.2, 0.25) is 11.0 Å². The van der Waals surface area contributed by atoms with Crippen molar-refractivity contribution in [2.45, 2.75) is 19.8 Å². The van der Waals surface area contributed by atoms with Crippen molar-refractivity contribution >= 4 is 51.2 Å². The first-order chi connectivity index (χ1) is 16.7. The molecule has 2 amide bonds. The molecule has 0 bridgehead atoms. The van der Waals surface area contributed by atoms with Crippen LogP contribution in [0.15, 0.2) is 66.2 Å². The van der Waals surface area contributed by atoms with E-state index in [4.69, 9.17) is 11.6 Å². The molecule has 0 aliphatic carbocycles. The Bertz CT molecular complexity index is 1330. The first-order valence-corrected chi connectivity index (χ1v) is 13.0. The molecule has 180 valence electrons. The van der Waals surface area contributed by atoms with Gasteiger partial charge < -0.3 is 10.2 Å². The molecule has 6 nitrogen and oxygen atoms in total. The van der Waals surface area contributed by atoms with Crippen LogP contribution in [0, 0.1) is 5.41 Å². The molecule has 0 fully saturated rings. The predicted octanol–water partition coefficient (Wildman–Crippen LogP) is 6.42. The summed E-state index contributed by atoms with van der Waals surface area (Å²) in [5, 5.41) is 11.6. The Balaban J connectivity index is 1.70. The average Bonchev–Trinajstić information content (AvgIpc) is 3.52. The van der Waals surface area contributed by atoms with Crippen molar-refractivity contribution < 1.29 is 9.59 Å². The van der Waals surface area contributed by atoms with E-state index in [0.717, 1.165) is 20.9 Å². The van der Waals surface area contributed by atoms with E-state index in [9.17, 15) is 9.59 Å². The summed E-state index contributed by atoms with van der Waals surface area (Å²) in [6.07, 6.45) is 0. The van der Waals surface area contributed by atoms with Crippen LogP contribution in [-0.2, 0) is 4.79 Å². The Morgan fingerprint density at radius 2 is 1.80 bits per heavy atom. The lowest BCUT2D eigenvalue weighted by Crippen LogP contribution is -2.36. The molecule has 35 heavy (non-hydrogen) atoms. The van der Waals surface area contributed by atoms with E-state index in [-0.39, 0.29) is 17.7 Å². The number of anilines is 1. The molecule has 2 aromatic heterocycles. The van der Waals surface area contributed by atoms with Gasteiger partial charge in [-0.1, -0.05) is 73.2 Å². The van der Waals surface area contributed by atoms with Crippen LogP contribution in [0.4, 0.5) is 5.13 Å². The third-order valence-electron chi connectivity index (χ3n) is 5.82. The van der Waals surface area contributed by atoms with Crippen molar-refractivity contribution in [3.8, 4) is 10.4 Å². The van der Waals surface area contributed by atoms with Crippen LogP contribution in [0.1, 0.15) is 40.6 Å². The van der Waals surface area contributed by atoms with Crippen molar-refractivity contribution in [1.29, 1.82) is 0 Å². The van der Waals surface area contributed by atoms with Gasteiger partial charge in [-0.15, -0.1) is 21.5 Å². The summed E-state index contributed by atoms with van der Waals surface area (Å²) in [6.45, 7) is 3.89. The molecule has 9 heteroatoms. The minimum absolute atomic E-state index is 0.132. The number of rotatable bonds is 7. The second-order valence-corrected chi connectivity index (χ2v) is 11.2. The summed E-state index contributed by atoms with van der Waals surface area (Å²) in [5.41, 5.74) is 3.24. The summed E-state index contributed by atoms with van der Waals surface area (Å²) in [6, 6.07) is 19.6. The van der Waals surface area contributed by atoms with Gasteiger partial charge in [0.05, 0.1) is 16.0 Å². The van der Waals surface area contributed by atoms with E-state index in [1.807, 2.05) is 62.4 Å². The molecule has 1 atom stereocenters. The molecule has 1 unspecified atom stereocenters. The Hall–Kier alpha value is -3.07. The Morgan fingerprint density at radius 3 is 2.43 bits per heavy atom. The largest absolute Gasteiger partial charge is 0.345 e. The van der Waals surface area contributed by atoms with Crippen molar-refractivity contribution in [2.24, 2.45) is 5.41 Å². The number of carbonyl (C=O) groups is 2. The van der Waals surface area contributed by atoms with Gasteiger partial charge in [0.25, 0.3) is 5.91 Å². The Morgan fingerprint density at radius 1 is 1.06 bits per heavy atom. The zero-order valence-electron chi connectivity index (χ0n) is 19.8. The molecule has 0 aliphatic rings. The topological polar surface area (TPSA) is 75.2 Å². The lowest BCUT2D eigenvalue weighted by atomic mass is 9.73. The van der Waals surface area contributed by atoms with Crippen LogP contribution in [-0.4, -0.2) is 41.0 Å². The summed E-state index contributed by atoms with van der Waals surface area (Å²) >= 11 is 9.36. The lowest BCUT2D eigenvalue weighted by molar-refractivity contribution is -0.124. The van der Waals surface area contributed by atoms with Crippen LogP contribution in [0.5, 0.6) is 0 Å². The fraction of sp³-hybridized carbons (Fsp3) is 0.231. The number of nitrogens with zero attached hydrogens (tertiary/aromatic N) is 3. The molecule has 0 aliphatic heterocycles. The third-order valence-corrected chi connectivity index (χ3v) is 7.94. The van der Waals surface area contributed by atoms with Gasteiger partial charge in [0.1, 0.15) is 5.51 Å². The minimum Gasteiger partial charge on any atom is -0.345 e. The van der Waals surface area contributed by atoms with Gasteiger partial charge in [-0.05, 0) is 35.4 Å². The number of halogens is 1. The van der Waals surface area contributed by atoms with Crippen LogP contribution in [0.2, 0.25) is 5.02 Å². The van der Waals surface area contributed by atoms with Crippen LogP contribution in [0.3, 0.4) is 0 Å². The van der Waals surface area contributed by atoms with Gasteiger partial charge in [0, 0.05) is 29.8 Å². The summed E-state index contributed by atoms with van der Waals surface area (Å²) < 4.78 is 0. The van der Waals surface area contributed by atoms with Crippen molar-refractivity contribution in [3.05, 3.63) is 87.2 Å². The van der Waals surface area contributed by atoms with Gasteiger partial charge >= 0.3 is 0 Å². The van der Waals surface area contributed by atoms with E-state index < -0.39 is 5.41 Å². The number of carbonyl (C=O) groups excluding carboxylic acids is 2. The number of hydrogen-bond donors (Lipinski definition) is 1. The number of amides is 2. The summed E-state index contributed by atoms with van der Waals surface area (Å²) in [4.78, 5) is 29.3. The van der Waals surface area contributed by atoms with E-state index in [2.05, 4.69) is 21.6 Å². The number of hydrogen-bond acceptors (Lipinski definition) is 6. The van der Waals surface area contributed by atoms with E-state index in [0.29, 0.717) is 15.7 Å². The monoisotopic (exact) mass is 524 g/mol. The first-order valence-electron chi connectivity index (χ1n) is 10.9. The van der Waals surface area contributed by atoms with Crippen molar-refractivity contribution in [1.82, 2.24) is 15.1 Å². The standard InChI is InChI=1S/C26H25ClN4O2S2/c1-26(2,24(33)29-25-30-28-15-34-25)22(16-8-6-5-7-9-16)21-13-12-20(35-21)17-10-11-18(19(27)14-17)23(32)31(3)4/h5-15,22H,1-4H3,(H,29,30,33). The molecule has 4 rings (SSSR count). The van der Waals surface area contributed by atoms with Gasteiger partial charge in [-0.25, -0.2) is 0 Å². The number of nitrogens with one attached hydrogen (secondary N) is 1. The Labute approximate surface area is 217 Å². The fourth-order valence-corrected chi connectivity index (χ4v) is 5.97. The number of thiophene rings is 1. The Kier molecular flexibility index (Phi) is 7.35. The maximum Gasteiger partial charge on any atom is 0.254 e. The van der Waals surface area contributed by atoms with Crippen LogP contribution >= 0.6 is 34.3 Å². The SMILES string of the molecule is CN(C)C(=O)c1ccc(-c2ccc(C(c3ccccc3)C(C)(C)C(=O)Nc3nncs3)s2)cc1Cl. The normalized spacial score (nSPS) is 12.3. The lowest BCUT2D eigenvalue weighted by Gasteiger charge is -2.32.